The van der Waals surface area contributed by atoms with E-state index in [1.807, 2.05) is 30.3 Å². The summed E-state index contributed by atoms with van der Waals surface area (Å²) in [6.45, 7) is 3.96. The summed E-state index contributed by atoms with van der Waals surface area (Å²) in [5, 5.41) is 2.90. The Hall–Kier alpha value is -3.67. The molecular formula is C27H28FN3O2. The number of imidazole rings is 1. The predicted molar refractivity (Wildman–Crippen MR) is 128 cm³/mol. The first-order valence-corrected chi connectivity index (χ1v) is 11.3. The van der Waals surface area contributed by atoms with Gasteiger partial charge in [-0.25, -0.2) is 9.37 Å². The maximum Gasteiger partial charge on any atom is 0.251 e. The number of fused-ring (bicyclic) bond motifs is 1. The van der Waals surface area contributed by atoms with Gasteiger partial charge in [-0.2, -0.15) is 0 Å². The molecule has 5 nitrogen and oxygen atoms in total. The lowest BCUT2D eigenvalue weighted by atomic mass is 10.2. The zero-order chi connectivity index (χ0) is 23.0. The summed E-state index contributed by atoms with van der Waals surface area (Å²) >= 11 is 0. The number of aryl methyl sites for hydroxylation is 2. The van der Waals surface area contributed by atoms with Gasteiger partial charge in [-0.3, -0.25) is 4.79 Å². The summed E-state index contributed by atoms with van der Waals surface area (Å²) < 4.78 is 21.2. The number of nitrogens with zero attached hydrogens (tertiary/aromatic N) is 2. The van der Waals surface area contributed by atoms with E-state index in [0.717, 1.165) is 42.0 Å². The standard InChI is InChI=1S/C27H28FN3O2/c1-2-20-8-14-23(15-9-20)33-19-5-18-31-25-7-4-3-6-24(25)30-26(31)16-17-29-27(32)21-10-12-22(28)13-11-21/h3-4,6-15H,2,5,16-19H2,1H3,(H,29,32). The zero-order valence-electron chi connectivity index (χ0n) is 18.8. The number of nitrogens with one attached hydrogen (secondary N) is 1. The highest BCUT2D eigenvalue weighted by Crippen LogP contribution is 2.18. The fraction of sp³-hybridized carbons (Fsp3) is 0.259. The molecule has 0 saturated heterocycles. The van der Waals surface area contributed by atoms with Crippen LogP contribution in [0, 0.1) is 5.82 Å². The van der Waals surface area contributed by atoms with Crippen molar-refractivity contribution in [1.82, 2.24) is 14.9 Å². The summed E-state index contributed by atoms with van der Waals surface area (Å²) in [6, 6.07) is 21.8. The van der Waals surface area contributed by atoms with E-state index in [1.54, 1.807) is 0 Å². The minimum absolute atomic E-state index is 0.222. The highest BCUT2D eigenvalue weighted by atomic mass is 19.1. The first-order chi connectivity index (χ1) is 16.1. The Morgan fingerprint density at radius 1 is 1.03 bits per heavy atom. The van der Waals surface area contributed by atoms with Crippen molar-refractivity contribution >= 4 is 16.9 Å². The average Bonchev–Trinajstić information content (AvgIpc) is 3.20. The molecule has 0 unspecified atom stereocenters. The van der Waals surface area contributed by atoms with Gasteiger partial charge in [-0.05, 0) is 66.9 Å². The molecule has 1 aromatic heterocycles. The Bertz CT molecular complexity index is 1200. The second kappa shape index (κ2) is 10.8. The Morgan fingerprint density at radius 3 is 2.55 bits per heavy atom. The van der Waals surface area contributed by atoms with Gasteiger partial charge in [-0.15, -0.1) is 0 Å². The molecule has 0 bridgehead atoms. The van der Waals surface area contributed by atoms with Crippen molar-refractivity contribution in [3.05, 3.63) is 95.6 Å². The van der Waals surface area contributed by atoms with E-state index >= 15 is 0 Å². The number of aromatic nitrogens is 2. The van der Waals surface area contributed by atoms with Crippen LogP contribution in [-0.2, 0) is 19.4 Å². The number of hydrogen-bond acceptors (Lipinski definition) is 3. The summed E-state index contributed by atoms with van der Waals surface area (Å²) in [6.07, 6.45) is 2.45. The molecule has 1 N–H and O–H groups in total. The molecule has 0 saturated carbocycles. The lowest BCUT2D eigenvalue weighted by Crippen LogP contribution is -2.26. The van der Waals surface area contributed by atoms with Gasteiger partial charge >= 0.3 is 0 Å². The number of halogens is 1. The van der Waals surface area contributed by atoms with Crippen molar-refractivity contribution in [2.45, 2.75) is 32.7 Å². The molecule has 0 aliphatic heterocycles. The Labute approximate surface area is 193 Å². The maximum absolute atomic E-state index is 13.1. The van der Waals surface area contributed by atoms with Gasteiger partial charge in [0.25, 0.3) is 5.91 Å². The molecule has 0 aliphatic carbocycles. The third-order valence-corrected chi connectivity index (χ3v) is 5.60. The molecular weight excluding hydrogens is 417 g/mol. The summed E-state index contributed by atoms with van der Waals surface area (Å²) in [5.41, 5.74) is 3.75. The summed E-state index contributed by atoms with van der Waals surface area (Å²) in [7, 11) is 0. The van der Waals surface area contributed by atoms with E-state index in [0.29, 0.717) is 25.1 Å². The molecule has 6 heteroatoms. The highest BCUT2D eigenvalue weighted by molar-refractivity contribution is 5.94. The van der Waals surface area contributed by atoms with Crippen LogP contribution in [0.2, 0.25) is 0 Å². The maximum atomic E-state index is 13.1. The van der Waals surface area contributed by atoms with Crippen LogP contribution in [0.3, 0.4) is 0 Å². The first-order valence-electron chi connectivity index (χ1n) is 11.3. The molecule has 33 heavy (non-hydrogen) atoms. The number of ether oxygens (including phenoxy) is 1. The molecule has 4 aromatic rings. The fourth-order valence-electron chi connectivity index (χ4n) is 3.79. The summed E-state index contributed by atoms with van der Waals surface area (Å²) in [5.74, 6) is 1.22. The molecule has 4 rings (SSSR count). The fourth-order valence-corrected chi connectivity index (χ4v) is 3.79. The van der Waals surface area contributed by atoms with Crippen molar-refractivity contribution in [3.63, 3.8) is 0 Å². The lowest BCUT2D eigenvalue weighted by Gasteiger charge is -2.11. The molecule has 1 amide bonds. The second-order valence-corrected chi connectivity index (χ2v) is 7.88. The van der Waals surface area contributed by atoms with E-state index in [2.05, 4.69) is 35.0 Å². The molecule has 0 fully saturated rings. The van der Waals surface area contributed by atoms with Crippen LogP contribution in [0.25, 0.3) is 11.0 Å². The quantitative estimate of drug-likeness (QED) is 0.342. The van der Waals surface area contributed by atoms with E-state index in [1.165, 1.54) is 29.8 Å². The van der Waals surface area contributed by atoms with E-state index in [-0.39, 0.29) is 11.7 Å². The van der Waals surface area contributed by atoms with Crippen molar-refractivity contribution in [1.29, 1.82) is 0 Å². The van der Waals surface area contributed by atoms with E-state index in [4.69, 9.17) is 9.72 Å². The van der Waals surface area contributed by atoms with Crippen molar-refractivity contribution < 1.29 is 13.9 Å². The van der Waals surface area contributed by atoms with Crippen LogP contribution in [0.4, 0.5) is 4.39 Å². The van der Waals surface area contributed by atoms with Crippen LogP contribution in [0.5, 0.6) is 5.75 Å². The third-order valence-electron chi connectivity index (χ3n) is 5.60. The van der Waals surface area contributed by atoms with Gasteiger partial charge < -0.3 is 14.6 Å². The monoisotopic (exact) mass is 445 g/mol. The third kappa shape index (κ3) is 5.77. The van der Waals surface area contributed by atoms with Gasteiger partial charge in [0.05, 0.1) is 17.6 Å². The lowest BCUT2D eigenvalue weighted by molar-refractivity contribution is 0.0954. The number of amides is 1. The number of benzene rings is 3. The van der Waals surface area contributed by atoms with Crippen LogP contribution < -0.4 is 10.1 Å². The SMILES string of the molecule is CCc1ccc(OCCCn2c(CCNC(=O)c3ccc(F)cc3)nc3ccccc32)cc1. The highest BCUT2D eigenvalue weighted by Gasteiger charge is 2.11. The Kier molecular flexibility index (Phi) is 7.35. The van der Waals surface area contributed by atoms with Crippen LogP contribution in [-0.4, -0.2) is 28.6 Å². The average molecular weight is 446 g/mol. The Morgan fingerprint density at radius 2 is 1.79 bits per heavy atom. The predicted octanol–water partition coefficient (Wildman–Crippen LogP) is 5.18. The normalized spacial score (nSPS) is 11.0. The minimum atomic E-state index is -0.359. The Balaban J connectivity index is 1.35. The number of para-hydroxylation sites is 2. The van der Waals surface area contributed by atoms with Gasteiger partial charge in [0.15, 0.2) is 0 Å². The minimum Gasteiger partial charge on any atom is -0.494 e. The number of rotatable bonds is 10. The molecule has 0 spiro atoms. The van der Waals surface area contributed by atoms with Gasteiger partial charge in [0.2, 0.25) is 0 Å². The van der Waals surface area contributed by atoms with Crippen molar-refractivity contribution in [2.75, 3.05) is 13.2 Å². The largest absolute Gasteiger partial charge is 0.494 e. The number of carbonyl (C=O) groups is 1. The van der Waals surface area contributed by atoms with Gasteiger partial charge in [0.1, 0.15) is 17.4 Å². The van der Waals surface area contributed by atoms with Gasteiger partial charge in [0, 0.05) is 25.1 Å². The van der Waals surface area contributed by atoms with Crippen molar-refractivity contribution in [2.24, 2.45) is 0 Å². The molecule has 0 radical (unpaired) electrons. The van der Waals surface area contributed by atoms with Crippen molar-refractivity contribution in [3.8, 4) is 5.75 Å². The van der Waals surface area contributed by atoms with E-state index in [9.17, 15) is 9.18 Å². The molecule has 0 aliphatic rings. The number of carbonyl (C=O) groups excluding carboxylic acids is 1. The van der Waals surface area contributed by atoms with E-state index < -0.39 is 0 Å². The summed E-state index contributed by atoms with van der Waals surface area (Å²) in [4.78, 5) is 17.1. The van der Waals surface area contributed by atoms with Crippen LogP contribution in [0.15, 0.2) is 72.8 Å². The number of hydrogen-bond donors (Lipinski definition) is 1. The zero-order valence-corrected chi connectivity index (χ0v) is 18.8. The van der Waals surface area contributed by atoms with Crippen LogP contribution in [0.1, 0.15) is 35.1 Å². The van der Waals surface area contributed by atoms with Gasteiger partial charge in [-0.1, -0.05) is 31.2 Å². The molecule has 1 heterocycles. The molecule has 170 valence electrons. The topological polar surface area (TPSA) is 56.1 Å². The van der Waals surface area contributed by atoms with Crippen LogP contribution >= 0.6 is 0 Å². The second-order valence-electron chi connectivity index (χ2n) is 7.88. The molecule has 0 atom stereocenters. The smallest absolute Gasteiger partial charge is 0.251 e. The first kappa shape index (κ1) is 22.5. The molecule has 3 aromatic carbocycles.